The number of ether oxygens (including phenoxy) is 2. The number of nitrogens with zero attached hydrogens (tertiary/aromatic N) is 6. The summed E-state index contributed by atoms with van der Waals surface area (Å²) in [5.74, 6) is 2.42. The van der Waals surface area contributed by atoms with Gasteiger partial charge in [-0.15, -0.1) is 0 Å². The van der Waals surface area contributed by atoms with Gasteiger partial charge in [0.05, 0.1) is 19.0 Å². The highest BCUT2D eigenvalue weighted by Gasteiger charge is 2.43. The maximum absolute atomic E-state index is 13.2. The Hall–Kier alpha value is -4.13. The fraction of sp³-hybridized carbons (Fsp3) is 0.629. The summed E-state index contributed by atoms with van der Waals surface area (Å²) >= 11 is 0. The van der Waals surface area contributed by atoms with Crippen molar-refractivity contribution in [2.45, 2.75) is 77.5 Å². The first kappa shape index (κ1) is 33.8. The van der Waals surface area contributed by atoms with Gasteiger partial charge >= 0.3 is 6.09 Å². The van der Waals surface area contributed by atoms with Crippen LogP contribution in [0.5, 0.6) is 5.75 Å². The molecule has 13 heteroatoms. The summed E-state index contributed by atoms with van der Waals surface area (Å²) in [6, 6.07) is 5.30. The van der Waals surface area contributed by atoms with E-state index < -0.39 is 5.60 Å². The number of amides is 3. The Kier molecular flexibility index (Phi) is 9.69. The second kappa shape index (κ2) is 13.8. The molecule has 1 aliphatic carbocycles. The summed E-state index contributed by atoms with van der Waals surface area (Å²) in [5, 5.41) is 6.33. The van der Waals surface area contributed by atoms with Crippen molar-refractivity contribution in [3.63, 3.8) is 0 Å². The molecule has 2 N–H and O–H groups in total. The summed E-state index contributed by atoms with van der Waals surface area (Å²) < 4.78 is 11.2. The molecule has 2 saturated heterocycles. The van der Waals surface area contributed by atoms with Crippen molar-refractivity contribution >= 4 is 41.0 Å². The third kappa shape index (κ3) is 7.01. The highest BCUT2D eigenvalue weighted by molar-refractivity contribution is 6.04. The van der Waals surface area contributed by atoms with E-state index in [1.54, 1.807) is 43.5 Å². The number of methoxy groups -OCH3 is 1. The number of rotatable bonds is 9. The van der Waals surface area contributed by atoms with Crippen molar-refractivity contribution < 1.29 is 23.9 Å². The molecule has 48 heavy (non-hydrogen) atoms. The summed E-state index contributed by atoms with van der Waals surface area (Å²) in [5.41, 5.74) is 1.35. The van der Waals surface area contributed by atoms with E-state index in [0.717, 1.165) is 51.1 Å². The average molecular weight is 663 g/mol. The number of benzene rings is 1. The number of likely N-dealkylation sites (tertiary alicyclic amines) is 2. The minimum absolute atomic E-state index is 0.0753. The fourth-order valence-electron chi connectivity index (χ4n) is 7.68. The van der Waals surface area contributed by atoms with Crippen molar-refractivity contribution in [3.8, 4) is 5.75 Å². The van der Waals surface area contributed by atoms with E-state index in [2.05, 4.69) is 25.4 Å². The zero-order valence-electron chi connectivity index (χ0n) is 29.1. The summed E-state index contributed by atoms with van der Waals surface area (Å²) in [6.45, 7) is 12.2. The van der Waals surface area contributed by atoms with Crippen LogP contribution < -0.4 is 25.2 Å². The van der Waals surface area contributed by atoms with E-state index in [1.165, 1.54) is 0 Å². The molecule has 0 radical (unpaired) electrons. The number of fused-ring (bicyclic) bond motifs is 2. The Morgan fingerprint density at radius 1 is 1.06 bits per heavy atom. The quantitative estimate of drug-likeness (QED) is 0.402. The van der Waals surface area contributed by atoms with Crippen LogP contribution in [0.3, 0.4) is 0 Å². The van der Waals surface area contributed by atoms with E-state index >= 15 is 0 Å². The van der Waals surface area contributed by atoms with E-state index in [4.69, 9.17) is 14.5 Å². The monoisotopic (exact) mass is 662 g/mol. The first-order valence-electron chi connectivity index (χ1n) is 17.3. The standard InChI is InChI=1S/C35H50N8O5/c1-7-27-32(45)40(5)28-17-37-33(39-30(28)43(27)25-10-8-9-11-25)38-26-13-12-22(16-29(26)47-6)31(44)36-14-15-41-18-23-20-42(21-24(23)19-41)34(46)48-35(2,3)4/h12-13,16-17,23-25,27H,7-11,14-15,18-21H2,1-6H3,(H,36,44)(H,37,38,39)/t23?,24?,27-/m1/s1. The predicted molar refractivity (Wildman–Crippen MR) is 184 cm³/mol. The molecule has 3 amide bonds. The molecule has 4 heterocycles. The smallest absolute Gasteiger partial charge is 0.410 e. The second-order valence-electron chi connectivity index (χ2n) is 14.5. The van der Waals surface area contributed by atoms with Gasteiger partial charge in [0.25, 0.3) is 5.91 Å². The molecule has 1 saturated carbocycles. The van der Waals surface area contributed by atoms with Crippen molar-refractivity contribution in [2.75, 3.05) is 68.5 Å². The molecule has 260 valence electrons. The highest BCUT2D eigenvalue weighted by atomic mass is 16.6. The molecule has 3 aliphatic heterocycles. The number of hydrogen-bond acceptors (Lipinski definition) is 10. The van der Waals surface area contributed by atoms with Crippen molar-refractivity contribution in [1.29, 1.82) is 0 Å². The Balaban J connectivity index is 1.05. The van der Waals surface area contributed by atoms with Crippen LogP contribution in [0.1, 0.15) is 70.2 Å². The lowest BCUT2D eigenvalue weighted by Crippen LogP contribution is -2.55. The molecule has 6 rings (SSSR count). The fourth-order valence-corrected chi connectivity index (χ4v) is 7.68. The van der Waals surface area contributed by atoms with Gasteiger partial charge in [-0.05, 0) is 70.1 Å². The zero-order valence-corrected chi connectivity index (χ0v) is 29.1. The largest absolute Gasteiger partial charge is 0.495 e. The number of carbonyl (C=O) groups excluding carboxylic acids is 3. The van der Waals surface area contributed by atoms with Crippen LogP contribution in [0.25, 0.3) is 0 Å². The van der Waals surface area contributed by atoms with Gasteiger partial charge in [0, 0.05) is 57.9 Å². The second-order valence-corrected chi connectivity index (χ2v) is 14.5. The van der Waals surface area contributed by atoms with Crippen LogP contribution in [-0.2, 0) is 9.53 Å². The molecule has 13 nitrogen and oxygen atoms in total. The van der Waals surface area contributed by atoms with Gasteiger partial charge in [0.1, 0.15) is 23.1 Å². The maximum Gasteiger partial charge on any atom is 0.410 e. The average Bonchev–Trinajstić information content (AvgIpc) is 3.80. The van der Waals surface area contributed by atoms with Crippen molar-refractivity contribution in [1.82, 2.24) is 25.1 Å². The van der Waals surface area contributed by atoms with Gasteiger partial charge in [-0.25, -0.2) is 9.78 Å². The van der Waals surface area contributed by atoms with Crippen LogP contribution in [-0.4, -0.2) is 109 Å². The van der Waals surface area contributed by atoms with Crippen molar-refractivity contribution in [2.24, 2.45) is 11.8 Å². The summed E-state index contributed by atoms with van der Waals surface area (Å²) in [6.07, 6.45) is 6.57. The molecular formula is C35H50N8O5. The number of hydrogen-bond donors (Lipinski definition) is 2. The SMILES string of the molecule is CC[C@@H]1C(=O)N(C)c2cnc(Nc3ccc(C(=O)NCCN4CC5CN(C(=O)OC(C)(C)C)CC5C4)cc3OC)nc2N1C1CCCC1. The van der Waals surface area contributed by atoms with Gasteiger partial charge in [0.15, 0.2) is 5.82 Å². The van der Waals surface area contributed by atoms with E-state index in [0.29, 0.717) is 66.5 Å². The van der Waals surface area contributed by atoms with Gasteiger partial charge in [-0.1, -0.05) is 19.8 Å². The molecular weight excluding hydrogens is 612 g/mol. The van der Waals surface area contributed by atoms with Gasteiger partial charge in [-0.2, -0.15) is 4.98 Å². The molecule has 1 aromatic heterocycles. The molecule has 1 aromatic carbocycles. The molecule has 3 atom stereocenters. The van der Waals surface area contributed by atoms with Crippen LogP contribution in [0.15, 0.2) is 24.4 Å². The molecule has 4 aliphatic rings. The minimum Gasteiger partial charge on any atom is -0.495 e. The number of aromatic nitrogens is 2. The van der Waals surface area contributed by atoms with Crippen LogP contribution in [0.2, 0.25) is 0 Å². The third-order valence-corrected chi connectivity index (χ3v) is 10.0. The van der Waals surface area contributed by atoms with Gasteiger partial charge in [-0.3, -0.25) is 9.59 Å². The number of carbonyl (C=O) groups is 3. The lowest BCUT2D eigenvalue weighted by atomic mass is 10.0. The normalized spacial score (nSPS) is 22.9. The molecule has 0 bridgehead atoms. The van der Waals surface area contributed by atoms with E-state index in [-0.39, 0.29) is 30.0 Å². The highest BCUT2D eigenvalue weighted by Crippen LogP contribution is 2.40. The van der Waals surface area contributed by atoms with Gasteiger partial charge in [0.2, 0.25) is 11.9 Å². The Morgan fingerprint density at radius 2 is 1.77 bits per heavy atom. The number of likely N-dealkylation sites (N-methyl/N-ethyl adjacent to an activating group) is 1. The zero-order chi connectivity index (χ0) is 34.2. The topological polar surface area (TPSA) is 132 Å². The van der Waals surface area contributed by atoms with E-state index in [9.17, 15) is 14.4 Å². The summed E-state index contributed by atoms with van der Waals surface area (Å²) in [4.78, 5) is 56.3. The maximum atomic E-state index is 13.2. The van der Waals surface area contributed by atoms with Crippen LogP contribution >= 0.6 is 0 Å². The van der Waals surface area contributed by atoms with Crippen LogP contribution in [0.4, 0.5) is 27.9 Å². The molecule has 0 spiro atoms. The minimum atomic E-state index is -0.494. The Morgan fingerprint density at radius 3 is 2.42 bits per heavy atom. The third-order valence-electron chi connectivity index (χ3n) is 10.0. The molecule has 3 fully saturated rings. The number of nitrogens with one attached hydrogen (secondary N) is 2. The Bertz CT molecular complexity index is 1510. The van der Waals surface area contributed by atoms with Gasteiger partial charge < -0.3 is 39.7 Å². The Labute approximate surface area is 283 Å². The molecule has 2 unspecified atom stereocenters. The predicted octanol–water partition coefficient (Wildman–Crippen LogP) is 4.26. The van der Waals surface area contributed by atoms with Crippen molar-refractivity contribution in [3.05, 3.63) is 30.0 Å². The summed E-state index contributed by atoms with van der Waals surface area (Å²) in [7, 11) is 3.36. The lowest BCUT2D eigenvalue weighted by molar-refractivity contribution is -0.120. The number of anilines is 4. The lowest BCUT2D eigenvalue weighted by Gasteiger charge is -2.43. The molecule has 2 aromatic rings. The first-order chi connectivity index (χ1) is 23.0. The van der Waals surface area contributed by atoms with Crippen LogP contribution in [0, 0.1) is 11.8 Å². The first-order valence-corrected chi connectivity index (χ1v) is 17.3. The van der Waals surface area contributed by atoms with E-state index in [1.807, 2.05) is 32.6 Å².